The second kappa shape index (κ2) is 7.04. The smallest absolute Gasteiger partial charge is 0.302 e. The van der Waals surface area contributed by atoms with Crippen molar-refractivity contribution in [2.24, 2.45) is 0 Å². The lowest BCUT2D eigenvalue weighted by molar-refractivity contribution is 0.0990. The van der Waals surface area contributed by atoms with Crippen LogP contribution in [0.2, 0.25) is 0 Å². The Balaban J connectivity index is 1.70. The second-order valence-electron chi connectivity index (χ2n) is 5.67. The number of rotatable bonds is 5. The number of hydrogen-bond donors (Lipinski definition) is 2. The van der Waals surface area contributed by atoms with Crippen LogP contribution < -0.4 is 10.6 Å². The molecule has 3 rings (SSSR count). The summed E-state index contributed by atoms with van der Waals surface area (Å²) >= 11 is 0. The summed E-state index contributed by atoms with van der Waals surface area (Å²) in [4.78, 5) is 28.2. The van der Waals surface area contributed by atoms with Crippen LogP contribution in [0.3, 0.4) is 0 Å². The number of amides is 2. The minimum atomic E-state index is -0.510. The average molecular weight is 339 g/mol. The van der Waals surface area contributed by atoms with E-state index >= 15 is 0 Å². The van der Waals surface area contributed by atoms with Crippen molar-refractivity contribution in [3.05, 3.63) is 65.9 Å². The molecule has 2 amide bonds. The van der Waals surface area contributed by atoms with E-state index in [1.807, 2.05) is 38.1 Å². The number of anilines is 2. The molecule has 7 nitrogen and oxygen atoms in total. The van der Waals surface area contributed by atoms with Gasteiger partial charge in [0, 0.05) is 5.69 Å². The number of carbonyl (C=O) groups is 2. The fourth-order valence-corrected chi connectivity index (χ4v) is 2.30. The van der Waals surface area contributed by atoms with E-state index < -0.39 is 11.8 Å². The van der Waals surface area contributed by atoms with Crippen LogP contribution >= 0.6 is 0 Å². The summed E-state index contributed by atoms with van der Waals surface area (Å²) < 4.78 is 10.1. The van der Waals surface area contributed by atoms with Crippen molar-refractivity contribution in [1.29, 1.82) is 0 Å². The normalized spacial score (nSPS) is 10.7. The quantitative estimate of drug-likeness (QED) is 0.735. The molecule has 0 fully saturated rings. The van der Waals surface area contributed by atoms with E-state index in [1.165, 1.54) is 18.6 Å². The van der Waals surface area contributed by atoms with Gasteiger partial charge in [-0.3, -0.25) is 14.9 Å². The first-order chi connectivity index (χ1) is 12.0. The molecule has 0 aliphatic rings. The van der Waals surface area contributed by atoms with Crippen LogP contribution in [0.4, 0.5) is 11.7 Å². The molecule has 7 heteroatoms. The van der Waals surface area contributed by atoms with Crippen molar-refractivity contribution in [2.45, 2.75) is 19.8 Å². The summed E-state index contributed by atoms with van der Waals surface area (Å²) in [7, 11) is 0. The van der Waals surface area contributed by atoms with E-state index in [0.717, 1.165) is 5.56 Å². The average Bonchev–Trinajstić information content (AvgIpc) is 3.27. The monoisotopic (exact) mass is 339 g/mol. The molecule has 2 aromatic heterocycles. The SMILES string of the molecule is CC(C)c1ccccc1NC(=O)c1coc(NC(=O)c2ccco2)n1. The molecule has 0 radical (unpaired) electrons. The first kappa shape index (κ1) is 16.5. The summed E-state index contributed by atoms with van der Waals surface area (Å²) in [6.45, 7) is 4.09. The lowest BCUT2D eigenvalue weighted by atomic mass is 10.0. The highest BCUT2D eigenvalue weighted by Crippen LogP contribution is 2.24. The van der Waals surface area contributed by atoms with Gasteiger partial charge in [0.05, 0.1) is 6.26 Å². The van der Waals surface area contributed by atoms with E-state index in [2.05, 4.69) is 15.6 Å². The Morgan fingerprint density at radius 1 is 1.00 bits per heavy atom. The maximum atomic E-state index is 12.4. The minimum Gasteiger partial charge on any atom is -0.459 e. The van der Waals surface area contributed by atoms with E-state index in [4.69, 9.17) is 8.83 Å². The largest absolute Gasteiger partial charge is 0.459 e. The first-order valence-corrected chi connectivity index (χ1v) is 7.75. The summed E-state index contributed by atoms with van der Waals surface area (Å²) in [6.07, 6.45) is 2.57. The Hall–Kier alpha value is -3.35. The third kappa shape index (κ3) is 3.77. The van der Waals surface area contributed by atoms with E-state index in [9.17, 15) is 9.59 Å². The highest BCUT2D eigenvalue weighted by atomic mass is 16.4. The van der Waals surface area contributed by atoms with Crippen molar-refractivity contribution < 1.29 is 18.4 Å². The molecule has 0 atom stereocenters. The van der Waals surface area contributed by atoms with Crippen LogP contribution in [0.15, 0.2) is 57.8 Å². The van der Waals surface area contributed by atoms with Gasteiger partial charge in [-0.1, -0.05) is 32.0 Å². The van der Waals surface area contributed by atoms with Gasteiger partial charge in [0.25, 0.3) is 11.8 Å². The number of aromatic nitrogens is 1. The van der Waals surface area contributed by atoms with Crippen LogP contribution in [0.25, 0.3) is 0 Å². The van der Waals surface area contributed by atoms with Crippen LogP contribution in [-0.2, 0) is 0 Å². The number of hydrogen-bond acceptors (Lipinski definition) is 5. The summed E-state index contributed by atoms with van der Waals surface area (Å²) in [5, 5.41) is 5.23. The second-order valence-corrected chi connectivity index (χ2v) is 5.67. The highest BCUT2D eigenvalue weighted by Gasteiger charge is 2.17. The molecule has 0 saturated carbocycles. The predicted octanol–water partition coefficient (Wildman–Crippen LogP) is 3.90. The molecule has 0 saturated heterocycles. The van der Waals surface area contributed by atoms with Crippen LogP contribution in [-0.4, -0.2) is 16.8 Å². The van der Waals surface area contributed by atoms with Crippen molar-refractivity contribution in [3.63, 3.8) is 0 Å². The number of furan rings is 1. The molecule has 0 aliphatic heterocycles. The number of para-hydroxylation sites is 1. The van der Waals surface area contributed by atoms with Crippen molar-refractivity contribution >= 4 is 23.5 Å². The molecule has 0 spiro atoms. The maximum absolute atomic E-state index is 12.4. The number of nitrogens with one attached hydrogen (secondary N) is 2. The summed E-state index contributed by atoms with van der Waals surface area (Å²) in [6, 6.07) is 10.6. The Kier molecular flexibility index (Phi) is 4.65. The van der Waals surface area contributed by atoms with E-state index in [-0.39, 0.29) is 23.4 Å². The Labute approximate surface area is 144 Å². The highest BCUT2D eigenvalue weighted by molar-refractivity contribution is 6.04. The van der Waals surface area contributed by atoms with Crippen LogP contribution in [0.1, 0.15) is 46.4 Å². The van der Waals surface area contributed by atoms with Gasteiger partial charge in [0.2, 0.25) is 0 Å². The van der Waals surface area contributed by atoms with E-state index in [0.29, 0.717) is 5.69 Å². The molecule has 0 bridgehead atoms. The Bertz CT molecular complexity index is 881. The van der Waals surface area contributed by atoms with Gasteiger partial charge < -0.3 is 14.2 Å². The molecule has 25 heavy (non-hydrogen) atoms. The van der Waals surface area contributed by atoms with Crippen LogP contribution in [0, 0.1) is 0 Å². The van der Waals surface area contributed by atoms with Gasteiger partial charge in [0.15, 0.2) is 11.5 Å². The van der Waals surface area contributed by atoms with Gasteiger partial charge in [0.1, 0.15) is 6.26 Å². The number of carbonyl (C=O) groups excluding carboxylic acids is 2. The topological polar surface area (TPSA) is 97.4 Å². The van der Waals surface area contributed by atoms with Gasteiger partial charge in [-0.05, 0) is 29.7 Å². The fourth-order valence-electron chi connectivity index (χ4n) is 2.30. The molecule has 2 heterocycles. The third-order valence-corrected chi connectivity index (χ3v) is 3.53. The fraction of sp³-hybridized carbons (Fsp3) is 0.167. The minimum absolute atomic E-state index is 0.0632. The number of oxazole rings is 1. The summed E-state index contributed by atoms with van der Waals surface area (Å²) in [5.41, 5.74) is 1.80. The number of benzene rings is 1. The molecular weight excluding hydrogens is 322 g/mol. The van der Waals surface area contributed by atoms with E-state index in [1.54, 1.807) is 6.07 Å². The lowest BCUT2D eigenvalue weighted by Crippen LogP contribution is -2.15. The molecular formula is C18H17N3O4. The molecule has 2 N–H and O–H groups in total. The molecule has 0 unspecified atom stereocenters. The van der Waals surface area contributed by atoms with Gasteiger partial charge in [-0.15, -0.1) is 0 Å². The zero-order chi connectivity index (χ0) is 17.8. The van der Waals surface area contributed by atoms with Crippen molar-refractivity contribution in [3.8, 4) is 0 Å². The predicted molar refractivity (Wildman–Crippen MR) is 91.6 cm³/mol. The van der Waals surface area contributed by atoms with Gasteiger partial charge in [-0.2, -0.15) is 4.98 Å². The maximum Gasteiger partial charge on any atom is 0.302 e. The Morgan fingerprint density at radius 3 is 2.52 bits per heavy atom. The standard InChI is InChI=1S/C18H17N3O4/c1-11(2)12-6-3-4-7-13(12)19-16(22)14-10-25-18(20-14)21-17(23)15-8-5-9-24-15/h3-11H,1-2H3,(H,19,22)(H,20,21,23). The molecule has 3 aromatic rings. The zero-order valence-electron chi connectivity index (χ0n) is 13.8. The zero-order valence-corrected chi connectivity index (χ0v) is 13.8. The molecule has 0 aliphatic carbocycles. The lowest BCUT2D eigenvalue weighted by Gasteiger charge is -2.12. The van der Waals surface area contributed by atoms with Crippen molar-refractivity contribution in [2.75, 3.05) is 10.6 Å². The number of nitrogens with zero attached hydrogens (tertiary/aromatic N) is 1. The Morgan fingerprint density at radius 2 is 1.80 bits per heavy atom. The van der Waals surface area contributed by atoms with Gasteiger partial charge in [-0.25, -0.2) is 0 Å². The molecule has 128 valence electrons. The van der Waals surface area contributed by atoms with Gasteiger partial charge >= 0.3 is 6.01 Å². The summed E-state index contributed by atoms with van der Waals surface area (Å²) in [5.74, 6) is -0.550. The third-order valence-electron chi connectivity index (χ3n) is 3.53. The first-order valence-electron chi connectivity index (χ1n) is 7.75. The van der Waals surface area contributed by atoms with Crippen molar-refractivity contribution in [1.82, 2.24) is 4.98 Å². The molecule has 1 aromatic carbocycles. The van der Waals surface area contributed by atoms with Crippen LogP contribution in [0.5, 0.6) is 0 Å².